The van der Waals surface area contributed by atoms with Crippen molar-refractivity contribution in [1.82, 2.24) is 0 Å². The van der Waals surface area contributed by atoms with Crippen LogP contribution in [0.1, 0.15) is 6.92 Å². The summed E-state index contributed by atoms with van der Waals surface area (Å²) in [5.74, 6) is -0.663. The van der Waals surface area contributed by atoms with Crippen LogP contribution in [-0.4, -0.2) is 31.1 Å². The van der Waals surface area contributed by atoms with Gasteiger partial charge in [0.2, 0.25) is 0 Å². The van der Waals surface area contributed by atoms with E-state index in [1.807, 2.05) is 0 Å². The molecule has 0 aliphatic heterocycles. The lowest BCUT2D eigenvalue weighted by Crippen LogP contribution is -2.11. The van der Waals surface area contributed by atoms with Gasteiger partial charge in [0.05, 0.1) is 0 Å². The van der Waals surface area contributed by atoms with E-state index < -0.39 is 12.6 Å². The molecule has 0 saturated heterocycles. The minimum Gasteiger partial charge on any atom is -0.437 e. The summed E-state index contributed by atoms with van der Waals surface area (Å²) >= 11 is 0. The van der Waals surface area contributed by atoms with Crippen LogP contribution in [0.3, 0.4) is 0 Å². The van der Waals surface area contributed by atoms with Gasteiger partial charge >= 0.3 is 5.97 Å². The van der Waals surface area contributed by atoms with Crippen molar-refractivity contribution < 1.29 is 19.4 Å². The topological polar surface area (TPSA) is 55.8 Å². The van der Waals surface area contributed by atoms with Crippen LogP contribution in [0.15, 0.2) is 0 Å². The molecule has 0 spiro atoms. The van der Waals surface area contributed by atoms with Crippen LogP contribution in [0.25, 0.3) is 0 Å². The molecule has 0 bridgehead atoms. The lowest BCUT2D eigenvalue weighted by Gasteiger charge is -2.00. The van der Waals surface area contributed by atoms with Crippen molar-refractivity contribution in [2.45, 2.75) is 6.92 Å². The van der Waals surface area contributed by atoms with Crippen molar-refractivity contribution in [3.8, 4) is 0 Å². The second kappa shape index (κ2) is 5.53. The molecular formula is C5H10O4. The highest BCUT2D eigenvalue weighted by atomic mass is 16.7. The molecule has 0 aromatic carbocycles. The van der Waals surface area contributed by atoms with Crippen LogP contribution in [0.2, 0.25) is 0 Å². The van der Waals surface area contributed by atoms with E-state index in [2.05, 4.69) is 9.47 Å². The van der Waals surface area contributed by atoms with Gasteiger partial charge in [-0.3, -0.25) is 0 Å². The van der Waals surface area contributed by atoms with Crippen LogP contribution in [0.5, 0.6) is 0 Å². The van der Waals surface area contributed by atoms with Gasteiger partial charge in [-0.2, -0.15) is 0 Å². The third-order valence-corrected chi connectivity index (χ3v) is 0.636. The SMILES string of the molecule is CCOCOC(=O)CO. The molecule has 0 radical (unpaired) electrons. The average Bonchev–Trinajstić information content (AvgIpc) is 1.89. The number of carbonyl (C=O) groups is 1. The second-order valence-corrected chi connectivity index (χ2v) is 1.29. The van der Waals surface area contributed by atoms with Gasteiger partial charge in [0.15, 0.2) is 6.79 Å². The number of rotatable bonds is 4. The fourth-order valence-electron chi connectivity index (χ4n) is 0.236. The van der Waals surface area contributed by atoms with Crippen molar-refractivity contribution in [2.75, 3.05) is 20.0 Å². The minimum absolute atomic E-state index is 0.0735. The van der Waals surface area contributed by atoms with E-state index in [0.717, 1.165) is 0 Å². The van der Waals surface area contributed by atoms with Gasteiger partial charge in [0.1, 0.15) is 6.61 Å². The fourth-order valence-corrected chi connectivity index (χ4v) is 0.236. The summed E-state index contributed by atoms with van der Waals surface area (Å²) in [5, 5.41) is 8.10. The normalized spacial score (nSPS) is 9.11. The summed E-state index contributed by atoms with van der Waals surface area (Å²) in [6.07, 6.45) is 0. The number of ether oxygens (including phenoxy) is 2. The molecule has 9 heavy (non-hydrogen) atoms. The zero-order valence-corrected chi connectivity index (χ0v) is 5.29. The van der Waals surface area contributed by atoms with E-state index in [0.29, 0.717) is 6.61 Å². The highest BCUT2D eigenvalue weighted by Crippen LogP contribution is 1.77. The molecule has 0 aromatic rings. The molecule has 0 fully saturated rings. The fraction of sp³-hybridized carbons (Fsp3) is 0.800. The molecule has 0 rings (SSSR count). The number of hydrogen-bond donors (Lipinski definition) is 1. The maximum atomic E-state index is 10.1. The number of aliphatic hydroxyl groups excluding tert-OH is 1. The summed E-state index contributed by atoms with van der Waals surface area (Å²) in [5.41, 5.74) is 0. The van der Waals surface area contributed by atoms with Gasteiger partial charge in [-0.05, 0) is 6.92 Å². The minimum atomic E-state index is -0.663. The second-order valence-electron chi connectivity index (χ2n) is 1.29. The Kier molecular flexibility index (Phi) is 5.15. The molecule has 0 saturated carbocycles. The number of esters is 1. The molecule has 4 heteroatoms. The van der Waals surface area contributed by atoms with Gasteiger partial charge in [-0.15, -0.1) is 0 Å². The molecule has 4 nitrogen and oxygen atoms in total. The monoisotopic (exact) mass is 134 g/mol. The molecule has 0 atom stereocenters. The van der Waals surface area contributed by atoms with Crippen LogP contribution in [-0.2, 0) is 14.3 Å². The molecule has 0 aromatic heterocycles. The zero-order chi connectivity index (χ0) is 7.11. The molecule has 0 aliphatic rings. The molecule has 0 unspecified atom stereocenters. The molecule has 0 heterocycles. The molecule has 0 aliphatic carbocycles. The lowest BCUT2D eigenvalue weighted by atomic mass is 10.7. The van der Waals surface area contributed by atoms with Crippen molar-refractivity contribution in [3.05, 3.63) is 0 Å². The van der Waals surface area contributed by atoms with E-state index >= 15 is 0 Å². The van der Waals surface area contributed by atoms with Gasteiger partial charge in [0.25, 0.3) is 0 Å². The summed E-state index contributed by atoms with van der Waals surface area (Å²) in [6.45, 7) is 1.62. The van der Waals surface area contributed by atoms with E-state index in [1.165, 1.54) is 0 Å². The van der Waals surface area contributed by atoms with E-state index in [1.54, 1.807) is 6.92 Å². The Balaban J connectivity index is 2.97. The Labute approximate surface area is 53.4 Å². The maximum Gasteiger partial charge on any atom is 0.333 e. The third kappa shape index (κ3) is 5.26. The number of carbonyl (C=O) groups excluding carboxylic acids is 1. The first-order valence-electron chi connectivity index (χ1n) is 2.65. The number of hydrogen-bond acceptors (Lipinski definition) is 4. The Hall–Kier alpha value is -0.610. The first-order valence-corrected chi connectivity index (χ1v) is 2.65. The van der Waals surface area contributed by atoms with Crippen LogP contribution < -0.4 is 0 Å². The standard InChI is InChI=1S/C5H10O4/c1-2-8-4-9-5(7)3-6/h6H,2-4H2,1H3. The van der Waals surface area contributed by atoms with Crippen molar-refractivity contribution in [3.63, 3.8) is 0 Å². The molecule has 54 valence electrons. The van der Waals surface area contributed by atoms with Crippen LogP contribution >= 0.6 is 0 Å². The summed E-state index contributed by atoms with van der Waals surface area (Å²) < 4.78 is 8.97. The van der Waals surface area contributed by atoms with E-state index in [-0.39, 0.29) is 6.79 Å². The molecule has 1 N–H and O–H groups in total. The quantitative estimate of drug-likeness (QED) is 0.320. The summed E-state index contributed by atoms with van der Waals surface area (Å²) in [7, 11) is 0. The van der Waals surface area contributed by atoms with Crippen LogP contribution in [0.4, 0.5) is 0 Å². The smallest absolute Gasteiger partial charge is 0.333 e. The average molecular weight is 134 g/mol. The van der Waals surface area contributed by atoms with Crippen molar-refractivity contribution in [1.29, 1.82) is 0 Å². The first kappa shape index (κ1) is 8.39. The lowest BCUT2D eigenvalue weighted by molar-refractivity contribution is -0.159. The Bertz CT molecular complexity index is 81.0. The highest BCUT2D eigenvalue weighted by molar-refractivity contribution is 5.70. The Morgan fingerprint density at radius 1 is 1.67 bits per heavy atom. The number of aliphatic hydroxyl groups is 1. The van der Waals surface area contributed by atoms with Crippen LogP contribution in [0, 0.1) is 0 Å². The van der Waals surface area contributed by atoms with Gasteiger partial charge in [0, 0.05) is 6.61 Å². The Morgan fingerprint density at radius 3 is 2.78 bits per heavy atom. The van der Waals surface area contributed by atoms with Crippen molar-refractivity contribution >= 4 is 5.97 Å². The van der Waals surface area contributed by atoms with Gasteiger partial charge in [-0.1, -0.05) is 0 Å². The maximum absolute atomic E-state index is 10.1. The largest absolute Gasteiger partial charge is 0.437 e. The predicted molar refractivity (Wildman–Crippen MR) is 29.7 cm³/mol. The molecular weight excluding hydrogens is 124 g/mol. The van der Waals surface area contributed by atoms with Gasteiger partial charge in [-0.25, -0.2) is 4.79 Å². The van der Waals surface area contributed by atoms with E-state index in [4.69, 9.17) is 5.11 Å². The Morgan fingerprint density at radius 2 is 2.33 bits per heavy atom. The third-order valence-electron chi connectivity index (χ3n) is 0.636. The highest BCUT2D eigenvalue weighted by Gasteiger charge is 1.95. The predicted octanol–water partition coefficient (Wildman–Crippen LogP) is -0.484. The molecule has 0 amide bonds. The summed E-state index contributed by atoms with van der Waals surface area (Å²) in [4.78, 5) is 10.1. The summed E-state index contributed by atoms with van der Waals surface area (Å²) in [6, 6.07) is 0. The van der Waals surface area contributed by atoms with Crippen molar-refractivity contribution in [2.24, 2.45) is 0 Å². The zero-order valence-electron chi connectivity index (χ0n) is 5.29. The van der Waals surface area contributed by atoms with E-state index in [9.17, 15) is 4.79 Å². The first-order chi connectivity index (χ1) is 4.31. The van der Waals surface area contributed by atoms with Gasteiger partial charge < -0.3 is 14.6 Å².